The summed E-state index contributed by atoms with van der Waals surface area (Å²) in [5, 5.41) is 0. The summed E-state index contributed by atoms with van der Waals surface area (Å²) in [5.74, 6) is -3.43. The van der Waals surface area contributed by atoms with Crippen molar-refractivity contribution in [3.05, 3.63) is 155 Å². The highest BCUT2D eigenvalue weighted by atomic mass is 16.5. The summed E-state index contributed by atoms with van der Waals surface area (Å²) in [7, 11) is 3.13. The minimum Gasteiger partial charge on any atom is -0.497 e. The summed E-state index contributed by atoms with van der Waals surface area (Å²) < 4.78 is 35.2. The van der Waals surface area contributed by atoms with Crippen molar-refractivity contribution in [2.75, 3.05) is 40.6 Å². The molecule has 0 unspecified atom stereocenters. The van der Waals surface area contributed by atoms with Gasteiger partial charge in [-0.25, -0.2) is 9.59 Å². The van der Waals surface area contributed by atoms with Gasteiger partial charge in [0.2, 0.25) is 0 Å². The van der Waals surface area contributed by atoms with E-state index < -0.39 is 58.6 Å². The number of fused-ring (bicyclic) bond motifs is 4. The van der Waals surface area contributed by atoms with Crippen LogP contribution in [0, 0.1) is 10.8 Å². The van der Waals surface area contributed by atoms with E-state index in [2.05, 4.69) is 0 Å². The van der Waals surface area contributed by atoms with Crippen LogP contribution in [0.15, 0.2) is 133 Å². The van der Waals surface area contributed by atoms with Crippen LogP contribution in [-0.4, -0.2) is 86.4 Å². The van der Waals surface area contributed by atoms with E-state index in [9.17, 15) is 9.59 Å². The number of carbonyl (C=O) groups excluding carboxylic acids is 4. The lowest BCUT2D eigenvalue weighted by Gasteiger charge is -2.75. The normalized spacial score (nSPS) is 23.6. The van der Waals surface area contributed by atoms with Crippen molar-refractivity contribution in [1.82, 2.24) is 9.80 Å². The van der Waals surface area contributed by atoms with Crippen LogP contribution in [0.25, 0.3) is 0 Å². The number of hydrogen-bond donors (Lipinski definition) is 0. The second-order valence-electron chi connectivity index (χ2n) is 15.5. The van der Waals surface area contributed by atoms with Gasteiger partial charge in [-0.05, 0) is 74.2 Å². The Labute approximate surface area is 363 Å². The Hall–Kier alpha value is -6.56. The first-order valence-electron chi connectivity index (χ1n) is 21.1. The SMILES string of the molecule is CCOC(=O)C1=CN(Cc2ccccc2)C2C(C(=O)OCC)(C3N(Cc4ccccc4)C=C(C(=O)OCC)[C@H](c4ccc(OC)cc4)C23C(=O)OCC)[C@@H]1c1ccc(OC)cc1. The Kier molecular flexibility index (Phi) is 13.1. The van der Waals surface area contributed by atoms with E-state index in [-0.39, 0.29) is 50.7 Å². The molecule has 7 rings (SSSR count). The third-order valence-corrected chi connectivity index (χ3v) is 12.3. The van der Waals surface area contributed by atoms with Crippen LogP contribution in [0.4, 0.5) is 0 Å². The zero-order valence-electron chi connectivity index (χ0n) is 36.1. The van der Waals surface area contributed by atoms with Crippen molar-refractivity contribution in [3.63, 3.8) is 0 Å². The highest BCUT2D eigenvalue weighted by molar-refractivity contribution is 6.01. The zero-order valence-corrected chi connectivity index (χ0v) is 36.1. The lowest BCUT2D eigenvalue weighted by atomic mass is 9.33. The zero-order chi connectivity index (χ0) is 44.0. The Morgan fingerprint density at radius 2 is 0.823 bits per heavy atom. The lowest BCUT2D eigenvalue weighted by Crippen LogP contribution is -2.88. The third-order valence-electron chi connectivity index (χ3n) is 12.3. The number of ether oxygens (including phenoxy) is 6. The topological polar surface area (TPSA) is 130 Å². The number of esters is 4. The molecule has 1 fully saturated rings. The number of rotatable bonds is 16. The van der Waals surface area contributed by atoms with E-state index in [4.69, 9.17) is 28.4 Å². The van der Waals surface area contributed by atoms with Crippen LogP contribution in [0.2, 0.25) is 0 Å². The van der Waals surface area contributed by atoms with Crippen LogP contribution < -0.4 is 9.47 Å². The van der Waals surface area contributed by atoms with Gasteiger partial charge in [0.25, 0.3) is 0 Å². The molecule has 3 aliphatic rings. The summed E-state index contributed by atoms with van der Waals surface area (Å²) >= 11 is 0. The molecule has 0 N–H and O–H groups in total. The van der Waals surface area contributed by atoms with Gasteiger partial charge in [0.05, 0.1) is 63.9 Å². The molecule has 0 bridgehead atoms. The predicted octanol–water partition coefficient (Wildman–Crippen LogP) is 7.35. The van der Waals surface area contributed by atoms with Crippen molar-refractivity contribution in [2.24, 2.45) is 10.8 Å². The molecule has 0 amide bonds. The monoisotopic (exact) mass is 842 g/mol. The predicted molar refractivity (Wildman–Crippen MR) is 231 cm³/mol. The molecule has 324 valence electrons. The van der Waals surface area contributed by atoms with Gasteiger partial charge in [-0.1, -0.05) is 84.9 Å². The summed E-state index contributed by atoms with van der Waals surface area (Å²) in [6.07, 6.45) is 3.46. The molecule has 1 saturated carbocycles. The minimum absolute atomic E-state index is 0.00338. The third kappa shape index (κ3) is 7.35. The van der Waals surface area contributed by atoms with E-state index in [0.717, 1.165) is 11.1 Å². The second-order valence-corrected chi connectivity index (χ2v) is 15.5. The summed E-state index contributed by atoms with van der Waals surface area (Å²) in [4.78, 5) is 64.8. The van der Waals surface area contributed by atoms with Crippen molar-refractivity contribution >= 4 is 23.9 Å². The molecule has 2 heterocycles. The summed E-state index contributed by atoms with van der Waals surface area (Å²) in [5.41, 5.74) is -0.186. The first-order valence-corrected chi connectivity index (χ1v) is 21.1. The average molecular weight is 843 g/mol. The Morgan fingerprint density at radius 3 is 1.13 bits per heavy atom. The van der Waals surface area contributed by atoms with Gasteiger partial charge >= 0.3 is 23.9 Å². The molecule has 12 heteroatoms. The largest absolute Gasteiger partial charge is 0.497 e. The summed E-state index contributed by atoms with van der Waals surface area (Å²) in [6.45, 7) is 7.39. The van der Waals surface area contributed by atoms with Crippen LogP contribution in [0.1, 0.15) is 61.8 Å². The quantitative estimate of drug-likeness (QED) is 0.0827. The fraction of sp³-hybridized carbons (Fsp3) is 0.360. The molecule has 12 nitrogen and oxygen atoms in total. The Morgan fingerprint density at radius 1 is 0.484 bits per heavy atom. The van der Waals surface area contributed by atoms with Crippen molar-refractivity contribution < 1.29 is 47.6 Å². The van der Waals surface area contributed by atoms with Crippen LogP contribution in [0.5, 0.6) is 11.5 Å². The number of benzene rings is 4. The first kappa shape index (κ1) is 43.5. The highest BCUT2D eigenvalue weighted by Crippen LogP contribution is 2.75. The molecular weight excluding hydrogens is 789 g/mol. The Bertz CT molecular complexity index is 2120. The van der Waals surface area contributed by atoms with E-state index in [1.54, 1.807) is 78.6 Å². The van der Waals surface area contributed by atoms with Gasteiger partial charge in [0.15, 0.2) is 0 Å². The van der Waals surface area contributed by atoms with Crippen LogP contribution in [-0.2, 0) is 51.2 Å². The van der Waals surface area contributed by atoms with Crippen molar-refractivity contribution in [1.29, 1.82) is 0 Å². The molecule has 0 spiro atoms. The standard InChI is InChI=1S/C50H54N2O10/c1-7-59-43(53)39-31-51(29-33-17-13-11-14-18-33)45-49(47(55)61-9-3,41(39)35-21-25-37(57-5)26-22-35)46-50(45,48(56)62-10-4)42(36-23-27-38(58-6)28-24-36)40(44(54)60-8-2)32-52(46)30-34-19-15-12-16-20-34/h11-28,31-32,41-42,45-46H,7-10,29-30H2,1-6H3/t41-,42+,45?,46?,49?,50?. The van der Waals surface area contributed by atoms with Gasteiger partial charge in [0.1, 0.15) is 22.3 Å². The van der Waals surface area contributed by atoms with Crippen molar-refractivity contribution in [2.45, 2.75) is 64.7 Å². The molecule has 0 saturated heterocycles. The average Bonchev–Trinajstić information content (AvgIpc) is 3.28. The molecule has 2 aliphatic heterocycles. The number of methoxy groups -OCH3 is 2. The molecule has 0 radical (unpaired) electrons. The highest BCUT2D eigenvalue weighted by Gasteiger charge is 2.87. The molecule has 4 aromatic rings. The Balaban J connectivity index is 1.67. The van der Waals surface area contributed by atoms with E-state index in [0.29, 0.717) is 22.6 Å². The fourth-order valence-corrected chi connectivity index (χ4v) is 10.2. The first-order chi connectivity index (χ1) is 30.1. The molecule has 1 aliphatic carbocycles. The minimum atomic E-state index is -1.74. The maximum Gasteiger partial charge on any atom is 0.336 e. The van der Waals surface area contributed by atoms with E-state index in [1.807, 2.05) is 94.7 Å². The van der Waals surface area contributed by atoms with Gasteiger partial charge in [-0.3, -0.25) is 9.59 Å². The van der Waals surface area contributed by atoms with Gasteiger partial charge in [-0.2, -0.15) is 0 Å². The van der Waals surface area contributed by atoms with Gasteiger partial charge in [-0.15, -0.1) is 0 Å². The second kappa shape index (κ2) is 18.6. The number of nitrogens with zero attached hydrogens (tertiary/aromatic N) is 2. The van der Waals surface area contributed by atoms with Crippen LogP contribution >= 0.6 is 0 Å². The number of carbonyl (C=O) groups is 4. The van der Waals surface area contributed by atoms with Crippen molar-refractivity contribution in [3.8, 4) is 11.5 Å². The van der Waals surface area contributed by atoms with Gasteiger partial charge < -0.3 is 38.2 Å². The smallest absolute Gasteiger partial charge is 0.336 e. The van der Waals surface area contributed by atoms with E-state index in [1.165, 1.54) is 0 Å². The molecular formula is C50H54N2O10. The molecule has 4 aromatic carbocycles. The maximum absolute atomic E-state index is 15.9. The van der Waals surface area contributed by atoms with Gasteiger partial charge in [0, 0.05) is 37.3 Å². The fourth-order valence-electron chi connectivity index (χ4n) is 10.2. The van der Waals surface area contributed by atoms with Crippen LogP contribution in [0.3, 0.4) is 0 Å². The number of hydrogen-bond acceptors (Lipinski definition) is 12. The molecule has 0 atom stereocenters. The summed E-state index contributed by atoms with van der Waals surface area (Å²) in [6, 6.07) is 31.4. The maximum atomic E-state index is 15.9. The van der Waals surface area contributed by atoms with E-state index >= 15 is 9.59 Å². The molecule has 0 aromatic heterocycles. The lowest BCUT2D eigenvalue weighted by molar-refractivity contribution is -0.252. The molecule has 62 heavy (non-hydrogen) atoms.